The highest BCUT2D eigenvalue weighted by Crippen LogP contribution is 2.27. The van der Waals surface area contributed by atoms with Gasteiger partial charge in [-0.1, -0.05) is 0 Å². The molecule has 3 heteroatoms. The average Bonchev–Trinajstić information content (AvgIpc) is 2.43. The van der Waals surface area contributed by atoms with Crippen molar-refractivity contribution in [1.29, 1.82) is 0 Å². The monoisotopic (exact) mass is 273 g/mol. The second-order valence-corrected chi connectivity index (χ2v) is 6.50. The Bertz CT molecular complexity index is 277. The molecule has 0 aromatic carbocycles. The van der Waals surface area contributed by atoms with Crippen molar-refractivity contribution in [2.24, 2.45) is 5.92 Å². The van der Waals surface area contributed by atoms with Crippen molar-refractivity contribution >= 4 is 27.3 Å². The van der Waals surface area contributed by atoms with Crippen LogP contribution in [0.1, 0.15) is 24.1 Å². The predicted molar refractivity (Wildman–Crippen MR) is 65.9 cm³/mol. The lowest BCUT2D eigenvalue weighted by atomic mass is 9.96. The fourth-order valence-electron chi connectivity index (χ4n) is 2.04. The number of nitrogens with one attached hydrogen (secondary N) is 1. The molecule has 1 unspecified atom stereocenters. The highest BCUT2D eigenvalue weighted by atomic mass is 79.9. The van der Waals surface area contributed by atoms with Gasteiger partial charge >= 0.3 is 0 Å². The van der Waals surface area contributed by atoms with Gasteiger partial charge in [0.25, 0.3) is 0 Å². The molecule has 0 bridgehead atoms. The number of hydrogen-bond donors (Lipinski definition) is 1. The van der Waals surface area contributed by atoms with E-state index in [-0.39, 0.29) is 0 Å². The maximum absolute atomic E-state index is 3.52. The molecule has 78 valence electrons. The summed E-state index contributed by atoms with van der Waals surface area (Å²) in [6, 6.07) is 4.42. The van der Waals surface area contributed by atoms with E-state index in [9.17, 15) is 0 Å². The Labute approximate surface area is 98.0 Å². The smallest absolute Gasteiger partial charge is 0.0701 e. The summed E-state index contributed by atoms with van der Waals surface area (Å²) in [6.07, 6.45) is 5.35. The van der Waals surface area contributed by atoms with E-state index in [4.69, 9.17) is 0 Å². The van der Waals surface area contributed by atoms with Crippen LogP contribution in [0.2, 0.25) is 0 Å². The first kappa shape index (κ1) is 10.7. The molecule has 2 heterocycles. The summed E-state index contributed by atoms with van der Waals surface area (Å²) < 4.78 is 1.26. The van der Waals surface area contributed by atoms with Gasteiger partial charge in [-0.05, 0) is 72.8 Å². The molecule has 1 aliphatic rings. The van der Waals surface area contributed by atoms with Gasteiger partial charge in [0.15, 0.2) is 0 Å². The highest BCUT2D eigenvalue weighted by Gasteiger charge is 2.13. The quantitative estimate of drug-likeness (QED) is 0.871. The van der Waals surface area contributed by atoms with E-state index in [1.165, 1.54) is 47.4 Å². The van der Waals surface area contributed by atoms with Crippen LogP contribution in [0.3, 0.4) is 0 Å². The summed E-state index contributed by atoms with van der Waals surface area (Å²) in [5.41, 5.74) is 0. The largest absolute Gasteiger partial charge is 0.317 e. The second kappa shape index (κ2) is 5.29. The van der Waals surface area contributed by atoms with E-state index >= 15 is 0 Å². The third kappa shape index (κ3) is 3.07. The topological polar surface area (TPSA) is 12.0 Å². The van der Waals surface area contributed by atoms with Crippen molar-refractivity contribution in [3.63, 3.8) is 0 Å². The first-order chi connectivity index (χ1) is 6.84. The molecule has 1 atom stereocenters. The second-order valence-electron chi connectivity index (χ2n) is 3.96. The minimum Gasteiger partial charge on any atom is -0.317 e. The number of rotatable bonds is 2. The lowest BCUT2D eigenvalue weighted by Crippen LogP contribution is -2.14. The summed E-state index contributed by atoms with van der Waals surface area (Å²) >= 11 is 5.40. The van der Waals surface area contributed by atoms with Crippen molar-refractivity contribution < 1.29 is 0 Å². The molecular formula is C11H16BrNS. The molecule has 1 nitrogen and oxygen atoms in total. The average molecular weight is 274 g/mol. The van der Waals surface area contributed by atoms with E-state index in [2.05, 4.69) is 33.4 Å². The van der Waals surface area contributed by atoms with Gasteiger partial charge in [0.05, 0.1) is 3.79 Å². The van der Waals surface area contributed by atoms with E-state index < -0.39 is 0 Å². The summed E-state index contributed by atoms with van der Waals surface area (Å²) in [5.74, 6) is 0.899. The minimum absolute atomic E-state index is 0.899. The Morgan fingerprint density at radius 3 is 3.07 bits per heavy atom. The highest BCUT2D eigenvalue weighted by molar-refractivity contribution is 9.11. The van der Waals surface area contributed by atoms with Crippen molar-refractivity contribution in [3.05, 3.63) is 20.8 Å². The van der Waals surface area contributed by atoms with E-state index in [1.807, 2.05) is 11.3 Å². The van der Waals surface area contributed by atoms with Crippen LogP contribution < -0.4 is 5.32 Å². The molecule has 0 saturated carbocycles. The maximum atomic E-state index is 3.52. The first-order valence-electron chi connectivity index (χ1n) is 5.29. The number of halogens is 1. The Hall–Kier alpha value is 0.140. The summed E-state index contributed by atoms with van der Waals surface area (Å²) in [7, 11) is 0. The van der Waals surface area contributed by atoms with Crippen LogP contribution in [0.5, 0.6) is 0 Å². The van der Waals surface area contributed by atoms with Crippen LogP contribution in [0.25, 0.3) is 0 Å². The summed E-state index contributed by atoms with van der Waals surface area (Å²) in [5, 5.41) is 3.46. The van der Waals surface area contributed by atoms with Crippen LogP contribution in [-0.2, 0) is 6.42 Å². The van der Waals surface area contributed by atoms with E-state index in [1.54, 1.807) is 0 Å². The molecule has 0 spiro atoms. The zero-order chi connectivity index (χ0) is 9.80. The van der Waals surface area contributed by atoms with Crippen molar-refractivity contribution in [2.45, 2.75) is 25.7 Å². The molecule has 0 radical (unpaired) electrons. The normalized spacial score (nSPS) is 23.4. The standard InChI is InChI=1S/C11H16BrNS/c12-11-4-3-10(14-11)8-9-2-1-6-13-7-5-9/h3-4,9,13H,1-2,5-8H2. The molecular weight excluding hydrogens is 258 g/mol. The zero-order valence-electron chi connectivity index (χ0n) is 8.26. The maximum Gasteiger partial charge on any atom is 0.0701 e. The molecule has 1 saturated heterocycles. The lowest BCUT2D eigenvalue weighted by molar-refractivity contribution is 0.473. The summed E-state index contributed by atoms with van der Waals surface area (Å²) in [4.78, 5) is 1.53. The first-order valence-corrected chi connectivity index (χ1v) is 6.90. The lowest BCUT2D eigenvalue weighted by Gasteiger charge is -2.11. The van der Waals surface area contributed by atoms with Gasteiger partial charge in [-0.15, -0.1) is 11.3 Å². The predicted octanol–water partition coefficient (Wildman–Crippen LogP) is 3.44. The van der Waals surface area contributed by atoms with Crippen LogP contribution in [0, 0.1) is 5.92 Å². The Morgan fingerprint density at radius 2 is 2.29 bits per heavy atom. The van der Waals surface area contributed by atoms with Gasteiger partial charge in [0.1, 0.15) is 0 Å². The van der Waals surface area contributed by atoms with Crippen LogP contribution in [-0.4, -0.2) is 13.1 Å². The Balaban J connectivity index is 1.89. The van der Waals surface area contributed by atoms with Crippen LogP contribution in [0.4, 0.5) is 0 Å². The zero-order valence-corrected chi connectivity index (χ0v) is 10.7. The van der Waals surface area contributed by atoms with E-state index in [0.717, 1.165) is 5.92 Å². The Kier molecular flexibility index (Phi) is 4.02. The molecule has 1 aromatic heterocycles. The van der Waals surface area contributed by atoms with Crippen molar-refractivity contribution in [2.75, 3.05) is 13.1 Å². The van der Waals surface area contributed by atoms with E-state index in [0.29, 0.717) is 0 Å². The molecule has 2 rings (SSSR count). The third-order valence-corrected chi connectivity index (χ3v) is 4.46. The van der Waals surface area contributed by atoms with Gasteiger partial charge in [-0.25, -0.2) is 0 Å². The van der Waals surface area contributed by atoms with Crippen molar-refractivity contribution in [3.8, 4) is 0 Å². The number of thiophene rings is 1. The van der Waals surface area contributed by atoms with Gasteiger partial charge in [-0.2, -0.15) is 0 Å². The molecule has 1 N–H and O–H groups in total. The molecule has 14 heavy (non-hydrogen) atoms. The SMILES string of the molecule is Brc1ccc(CC2CCCNCC2)s1. The third-order valence-electron chi connectivity index (χ3n) is 2.81. The van der Waals surface area contributed by atoms with Gasteiger partial charge < -0.3 is 5.32 Å². The fraction of sp³-hybridized carbons (Fsp3) is 0.636. The molecule has 0 amide bonds. The van der Waals surface area contributed by atoms with Crippen LogP contribution >= 0.6 is 27.3 Å². The van der Waals surface area contributed by atoms with Gasteiger partial charge in [0, 0.05) is 4.88 Å². The molecule has 1 aliphatic heterocycles. The minimum atomic E-state index is 0.899. The molecule has 0 aliphatic carbocycles. The molecule has 1 aromatic rings. The van der Waals surface area contributed by atoms with Gasteiger partial charge in [-0.3, -0.25) is 0 Å². The molecule has 1 fully saturated rings. The summed E-state index contributed by atoms with van der Waals surface area (Å²) in [6.45, 7) is 2.42. The fourth-order valence-corrected chi connectivity index (χ4v) is 3.64. The van der Waals surface area contributed by atoms with Crippen molar-refractivity contribution in [1.82, 2.24) is 5.32 Å². The van der Waals surface area contributed by atoms with Gasteiger partial charge in [0.2, 0.25) is 0 Å². The number of hydrogen-bond acceptors (Lipinski definition) is 2. The Morgan fingerprint density at radius 1 is 1.36 bits per heavy atom. The van der Waals surface area contributed by atoms with Crippen LogP contribution in [0.15, 0.2) is 15.9 Å².